The van der Waals surface area contributed by atoms with Gasteiger partial charge in [0.25, 0.3) is 5.91 Å². The number of primary amides is 1. The van der Waals surface area contributed by atoms with Gasteiger partial charge in [0.2, 0.25) is 0 Å². The average Bonchev–Trinajstić information content (AvgIpc) is 2.30. The van der Waals surface area contributed by atoms with E-state index in [1.165, 1.54) is 5.56 Å². The summed E-state index contributed by atoms with van der Waals surface area (Å²) in [6.07, 6.45) is 1.26. The summed E-state index contributed by atoms with van der Waals surface area (Å²) in [6.45, 7) is 1.97. The first-order valence-electron chi connectivity index (χ1n) is 5.89. The molecule has 4 heteroatoms. The van der Waals surface area contributed by atoms with Crippen molar-refractivity contribution in [2.45, 2.75) is 25.0 Å². The SMILES string of the molecule is NC(=O)C1(O)CCCN(Cc2ccccc2)C1. The van der Waals surface area contributed by atoms with Gasteiger partial charge in [0.15, 0.2) is 5.60 Å². The van der Waals surface area contributed by atoms with E-state index in [9.17, 15) is 9.90 Å². The molecular weight excluding hydrogens is 216 g/mol. The van der Waals surface area contributed by atoms with Crippen LogP contribution in [0.4, 0.5) is 0 Å². The Morgan fingerprint density at radius 1 is 1.41 bits per heavy atom. The fourth-order valence-electron chi connectivity index (χ4n) is 2.30. The number of β-amino-alcohol motifs (C(OH)–C–C–N with tert-alkyl or cyclic N) is 1. The van der Waals surface area contributed by atoms with E-state index in [4.69, 9.17) is 5.73 Å². The molecule has 1 heterocycles. The zero-order valence-electron chi connectivity index (χ0n) is 9.80. The van der Waals surface area contributed by atoms with Crippen LogP contribution in [0, 0.1) is 0 Å². The molecule has 1 aromatic rings. The summed E-state index contributed by atoms with van der Waals surface area (Å²) < 4.78 is 0. The van der Waals surface area contributed by atoms with Gasteiger partial charge in [-0.15, -0.1) is 0 Å². The molecule has 3 N–H and O–H groups in total. The van der Waals surface area contributed by atoms with Crippen molar-refractivity contribution in [3.63, 3.8) is 0 Å². The Kier molecular flexibility index (Phi) is 3.45. The van der Waals surface area contributed by atoms with Crippen molar-refractivity contribution in [2.24, 2.45) is 5.73 Å². The molecule has 1 aromatic carbocycles. The van der Waals surface area contributed by atoms with Crippen molar-refractivity contribution in [3.05, 3.63) is 35.9 Å². The van der Waals surface area contributed by atoms with E-state index in [0.29, 0.717) is 13.0 Å². The highest BCUT2D eigenvalue weighted by molar-refractivity contribution is 5.83. The second kappa shape index (κ2) is 4.85. The van der Waals surface area contributed by atoms with Crippen molar-refractivity contribution < 1.29 is 9.90 Å². The van der Waals surface area contributed by atoms with Crippen molar-refractivity contribution in [1.29, 1.82) is 0 Å². The minimum atomic E-state index is -1.35. The first-order chi connectivity index (χ1) is 8.10. The summed E-state index contributed by atoms with van der Waals surface area (Å²) in [5.41, 5.74) is 5.07. The molecule has 1 unspecified atom stereocenters. The summed E-state index contributed by atoms with van der Waals surface area (Å²) in [4.78, 5) is 13.3. The Balaban J connectivity index is 2.01. The number of aliphatic hydroxyl groups is 1. The quantitative estimate of drug-likeness (QED) is 0.800. The van der Waals surface area contributed by atoms with E-state index < -0.39 is 11.5 Å². The predicted octanol–water partition coefficient (Wildman–Crippen LogP) is 0.499. The summed E-state index contributed by atoms with van der Waals surface area (Å²) >= 11 is 0. The van der Waals surface area contributed by atoms with Gasteiger partial charge in [-0.3, -0.25) is 9.69 Å². The van der Waals surface area contributed by atoms with Gasteiger partial charge in [-0.25, -0.2) is 0 Å². The average molecular weight is 234 g/mol. The number of nitrogens with zero attached hydrogens (tertiary/aromatic N) is 1. The largest absolute Gasteiger partial charge is 0.379 e. The van der Waals surface area contributed by atoms with Crippen molar-refractivity contribution in [3.8, 4) is 0 Å². The molecule has 1 aliphatic heterocycles. The maximum atomic E-state index is 11.2. The number of nitrogens with two attached hydrogens (primary N) is 1. The van der Waals surface area contributed by atoms with E-state index in [-0.39, 0.29) is 0 Å². The van der Waals surface area contributed by atoms with Crippen LogP contribution in [-0.2, 0) is 11.3 Å². The zero-order chi connectivity index (χ0) is 12.3. The van der Waals surface area contributed by atoms with Crippen LogP contribution in [0.15, 0.2) is 30.3 Å². The van der Waals surface area contributed by atoms with E-state index in [2.05, 4.69) is 4.90 Å². The molecule has 92 valence electrons. The maximum Gasteiger partial charge on any atom is 0.250 e. The fourth-order valence-corrected chi connectivity index (χ4v) is 2.30. The highest BCUT2D eigenvalue weighted by atomic mass is 16.3. The Bertz CT molecular complexity index is 394. The third kappa shape index (κ3) is 2.84. The third-order valence-corrected chi connectivity index (χ3v) is 3.26. The molecule has 0 aromatic heterocycles. The number of piperidine rings is 1. The van der Waals surface area contributed by atoms with Gasteiger partial charge in [0, 0.05) is 13.1 Å². The Labute approximate surface area is 101 Å². The molecule has 2 rings (SSSR count). The van der Waals surface area contributed by atoms with Gasteiger partial charge in [0.05, 0.1) is 0 Å². The molecule has 0 bridgehead atoms. The van der Waals surface area contributed by atoms with Crippen molar-refractivity contribution in [2.75, 3.05) is 13.1 Å². The van der Waals surface area contributed by atoms with E-state index in [1.807, 2.05) is 30.3 Å². The van der Waals surface area contributed by atoms with Gasteiger partial charge in [-0.1, -0.05) is 30.3 Å². The van der Waals surface area contributed by atoms with E-state index in [0.717, 1.165) is 19.5 Å². The summed E-state index contributed by atoms with van der Waals surface area (Å²) in [5, 5.41) is 10.1. The molecule has 1 atom stereocenters. The van der Waals surface area contributed by atoms with E-state index in [1.54, 1.807) is 0 Å². The highest BCUT2D eigenvalue weighted by Gasteiger charge is 2.38. The molecule has 17 heavy (non-hydrogen) atoms. The number of carbonyl (C=O) groups is 1. The third-order valence-electron chi connectivity index (χ3n) is 3.26. The lowest BCUT2D eigenvalue weighted by molar-refractivity contribution is -0.142. The number of likely N-dealkylation sites (tertiary alicyclic amines) is 1. The van der Waals surface area contributed by atoms with Gasteiger partial charge in [0.1, 0.15) is 0 Å². The van der Waals surface area contributed by atoms with Crippen LogP contribution >= 0.6 is 0 Å². The first kappa shape index (κ1) is 12.1. The molecule has 1 fully saturated rings. The van der Waals surface area contributed by atoms with Gasteiger partial charge in [-0.05, 0) is 24.9 Å². The van der Waals surface area contributed by atoms with Crippen molar-refractivity contribution >= 4 is 5.91 Å². The smallest absolute Gasteiger partial charge is 0.250 e. The summed E-state index contributed by atoms with van der Waals surface area (Å²) in [7, 11) is 0. The van der Waals surface area contributed by atoms with E-state index >= 15 is 0 Å². The molecule has 0 saturated carbocycles. The van der Waals surface area contributed by atoms with Crippen LogP contribution in [0.25, 0.3) is 0 Å². The Morgan fingerprint density at radius 3 is 2.76 bits per heavy atom. The maximum absolute atomic E-state index is 11.2. The second-order valence-corrected chi connectivity index (χ2v) is 4.70. The molecule has 0 spiro atoms. The number of hydrogen-bond donors (Lipinski definition) is 2. The minimum Gasteiger partial charge on any atom is -0.379 e. The first-order valence-corrected chi connectivity index (χ1v) is 5.89. The minimum absolute atomic E-state index is 0.331. The molecular formula is C13H18N2O2. The number of amides is 1. The normalized spacial score (nSPS) is 25.7. The predicted molar refractivity (Wildman–Crippen MR) is 65.1 cm³/mol. The number of rotatable bonds is 3. The van der Waals surface area contributed by atoms with Crippen LogP contribution in [0.2, 0.25) is 0 Å². The molecule has 4 nitrogen and oxygen atoms in total. The molecule has 0 radical (unpaired) electrons. The Morgan fingerprint density at radius 2 is 2.12 bits per heavy atom. The Hall–Kier alpha value is -1.39. The van der Waals surface area contributed by atoms with Gasteiger partial charge in [-0.2, -0.15) is 0 Å². The molecule has 1 saturated heterocycles. The highest BCUT2D eigenvalue weighted by Crippen LogP contribution is 2.22. The number of carbonyl (C=O) groups excluding carboxylic acids is 1. The van der Waals surface area contributed by atoms with Gasteiger partial charge < -0.3 is 10.8 Å². The molecule has 1 aliphatic rings. The topological polar surface area (TPSA) is 66.6 Å². The van der Waals surface area contributed by atoms with Crippen LogP contribution < -0.4 is 5.73 Å². The molecule has 1 amide bonds. The van der Waals surface area contributed by atoms with Crippen LogP contribution in [0.3, 0.4) is 0 Å². The zero-order valence-corrected chi connectivity index (χ0v) is 9.80. The summed E-state index contributed by atoms with van der Waals surface area (Å²) in [5.74, 6) is -0.615. The van der Waals surface area contributed by atoms with Crippen molar-refractivity contribution in [1.82, 2.24) is 4.90 Å². The summed E-state index contributed by atoms with van der Waals surface area (Å²) in [6, 6.07) is 10.0. The van der Waals surface area contributed by atoms with Crippen LogP contribution in [-0.4, -0.2) is 34.6 Å². The van der Waals surface area contributed by atoms with Gasteiger partial charge >= 0.3 is 0 Å². The van der Waals surface area contributed by atoms with Crippen LogP contribution in [0.1, 0.15) is 18.4 Å². The second-order valence-electron chi connectivity index (χ2n) is 4.70. The van der Waals surface area contributed by atoms with Crippen LogP contribution in [0.5, 0.6) is 0 Å². The lowest BCUT2D eigenvalue weighted by atomic mass is 9.92. The number of benzene rings is 1. The molecule has 0 aliphatic carbocycles. The fraction of sp³-hybridized carbons (Fsp3) is 0.462. The standard InChI is InChI=1S/C13H18N2O2/c14-12(16)13(17)7-4-8-15(10-13)9-11-5-2-1-3-6-11/h1-3,5-6,17H,4,7-10H2,(H2,14,16). The lowest BCUT2D eigenvalue weighted by Crippen LogP contribution is -2.55. The number of hydrogen-bond acceptors (Lipinski definition) is 3. The monoisotopic (exact) mass is 234 g/mol. The lowest BCUT2D eigenvalue weighted by Gasteiger charge is -2.37.